The molecule has 134 valence electrons. The molecule has 0 fully saturated rings. The van der Waals surface area contributed by atoms with Gasteiger partial charge < -0.3 is 5.32 Å². The lowest BCUT2D eigenvalue weighted by molar-refractivity contribution is -0.139. The van der Waals surface area contributed by atoms with E-state index in [0.717, 1.165) is 17.8 Å². The first-order chi connectivity index (χ1) is 12.2. The number of halogens is 4. The minimum atomic E-state index is -4.88. The highest BCUT2D eigenvalue weighted by Crippen LogP contribution is 2.35. The second-order valence-electron chi connectivity index (χ2n) is 5.43. The molecule has 0 atom stereocenters. The zero-order chi connectivity index (χ0) is 19.1. The molecule has 0 aromatic heterocycles. The van der Waals surface area contributed by atoms with Gasteiger partial charge in [-0.15, -0.1) is 11.8 Å². The zero-order valence-corrected chi connectivity index (χ0v) is 14.1. The molecule has 0 amide bonds. The summed E-state index contributed by atoms with van der Waals surface area (Å²) in [5.74, 6) is -2.32. The van der Waals surface area contributed by atoms with Crippen LogP contribution in [0.4, 0.5) is 23.2 Å². The molecule has 1 aliphatic carbocycles. The van der Waals surface area contributed by atoms with Crippen molar-refractivity contribution in [3.63, 3.8) is 0 Å². The number of hydrogen-bond acceptors (Lipinski definition) is 4. The molecule has 0 saturated carbocycles. The Morgan fingerprint density at radius 3 is 2.15 bits per heavy atom. The van der Waals surface area contributed by atoms with Crippen LogP contribution >= 0.6 is 11.8 Å². The van der Waals surface area contributed by atoms with Crippen molar-refractivity contribution in [2.45, 2.75) is 6.18 Å². The van der Waals surface area contributed by atoms with Gasteiger partial charge in [-0.2, -0.15) is 13.2 Å². The van der Waals surface area contributed by atoms with E-state index in [2.05, 4.69) is 5.32 Å². The van der Waals surface area contributed by atoms with Gasteiger partial charge in [-0.25, -0.2) is 4.39 Å². The van der Waals surface area contributed by atoms with Gasteiger partial charge in [0.05, 0.1) is 10.5 Å². The summed E-state index contributed by atoms with van der Waals surface area (Å²) in [6.45, 7) is 0. The number of anilines is 1. The molecule has 1 aliphatic rings. The van der Waals surface area contributed by atoms with E-state index in [1.165, 1.54) is 12.1 Å². The number of nitrogens with one attached hydrogen (secondary N) is 1. The van der Waals surface area contributed by atoms with Crippen molar-refractivity contribution in [3.05, 3.63) is 75.6 Å². The van der Waals surface area contributed by atoms with E-state index in [0.29, 0.717) is 12.1 Å². The van der Waals surface area contributed by atoms with E-state index >= 15 is 0 Å². The second-order valence-corrected chi connectivity index (χ2v) is 6.25. The number of carbonyl (C=O) groups excluding carboxylic acids is 2. The summed E-state index contributed by atoms with van der Waals surface area (Å²) in [4.78, 5) is 25.4. The van der Waals surface area contributed by atoms with E-state index in [9.17, 15) is 27.2 Å². The van der Waals surface area contributed by atoms with Gasteiger partial charge in [0.15, 0.2) is 0 Å². The first-order valence-corrected chi connectivity index (χ1v) is 8.57. The van der Waals surface area contributed by atoms with Gasteiger partial charge in [0.1, 0.15) is 11.5 Å². The van der Waals surface area contributed by atoms with Crippen LogP contribution in [0.25, 0.3) is 0 Å². The van der Waals surface area contributed by atoms with Crippen molar-refractivity contribution >= 4 is 29.0 Å². The summed E-state index contributed by atoms with van der Waals surface area (Å²) < 4.78 is 52.1. The van der Waals surface area contributed by atoms with Crippen molar-refractivity contribution in [3.8, 4) is 0 Å². The first kappa shape index (κ1) is 18.2. The van der Waals surface area contributed by atoms with Gasteiger partial charge in [-0.05, 0) is 24.5 Å². The van der Waals surface area contributed by atoms with Crippen LogP contribution in [0.5, 0.6) is 0 Å². The number of rotatable bonds is 3. The van der Waals surface area contributed by atoms with Gasteiger partial charge in [-0.3, -0.25) is 9.59 Å². The summed E-state index contributed by atoms with van der Waals surface area (Å²) in [7, 11) is 0. The molecule has 3 rings (SSSR count). The molecule has 0 radical (unpaired) electrons. The third-order valence-corrected chi connectivity index (χ3v) is 4.62. The fourth-order valence-corrected chi connectivity index (χ4v) is 3.27. The van der Waals surface area contributed by atoms with Crippen LogP contribution in [0.1, 0.15) is 26.3 Å². The highest BCUT2D eigenvalue weighted by molar-refractivity contribution is 8.03. The van der Waals surface area contributed by atoms with Crippen molar-refractivity contribution in [2.24, 2.45) is 0 Å². The lowest BCUT2D eigenvalue weighted by Crippen LogP contribution is -2.25. The lowest BCUT2D eigenvalue weighted by atomic mass is 9.92. The maximum absolute atomic E-state index is 13.4. The van der Waals surface area contributed by atoms with Gasteiger partial charge in [0.25, 0.3) is 0 Å². The van der Waals surface area contributed by atoms with E-state index in [1.807, 2.05) is 0 Å². The summed E-state index contributed by atoms with van der Waals surface area (Å²) in [5.41, 5.74) is -1.32. The Morgan fingerprint density at radius 2 is 1.58 bits per heavy atom. The molecular weight excluding hydrogens is 370 g/mol. The van der Waals surface area contributed by atoms with E-state index in [-0.39, 0.29) is 27.4 Å². The summed E-state index contributed by atoms with van der Waals surface area (Å²) >= 11 is 1.01. The minimum absolute atomic E-state index is 0.0894. The number of hydrogen-bond donors (Lipinski definition) is 1. The number of fused-ring (bicyclic) bond motifs is 1. The quantitative estimate of drug-likeness (QED) is 0.768. The Bertz CT molecular complexity index is 950. The minimum Gasteiger partial charge on any atom is -0.351 e. The first-order valence-electron chi connectivity index (χ1n) is 7.34. The van der Waals surface area contributed by atoms with Crippen LogP contribution in [0.3, 0.4) is 0 Å². The lowest BCUT2D eigenvalue weighted by Gasteiger charge is -2.21. The molecule has 0 aliphatic heterocycles. The summed E-state index contributed by atoms with van der Waals surface area (Å²) in [6, 6.07) is 8.50. The number of ketones is 2. The van der Waals surface area contributed by atoms with Crippen LogP contribution in [0.15, 0.2) is 53.1 Å². The molecular formula is C18H11F4NO2S. The third-order valence-electron chi connectivity index (χ3n) is 3.82. The maximum Gasteiger partial charge on any atom is 0.419 e. The molecule has 3 nitrogen and oxygen atoms in total. The zero-order valence-electron chi connectivity index (χ0n) is 13.3. The number of benzene rings is 2. The summed E-state index contributed by atoms with van der Waals surface area (Å²) in [5, 5.41) is 2.56. The molecule has 2 aromatic rings. The molecule has 0 bridgehead atoms. The highest BCUT2D eigenvalue weighted by Gasteiger charge is 2.35. The maximum atomic E-state index is 13.4. The van der Waals surface area contributed by atoms with Crippen molar-refractivity contribution < 1.29 is 27.2 Å². The normalized spacial score (nSPS) is 14.5. The largest absolute Gasteiger partial charge is 0.419 e. The number of alkyl halides is 3. The standard InChI is InChI=1S/C18H11F4NO2S/c1-26-17-14(15(24)10-4-2-3-5-11(10)16(17)25)23-9-6-7-13(19)12(8-9)18(20,21)22/h2-8,23H,1H3. The molecule has 26 heavy (non-hydrogen) atoms. The number of carbonyl (C=O) groups is 2. The van der Waals surface area contributed by atoms with E-state index in [1.54, 1.807) is 18.4 Å². The number of thioether (sulfide) groups is 1. The molecule has 0 unspecified atom stereocenters. The molecule has 0 spiro atoms. The molecule has 0 saturated heterocycles. The van der Waals surface area contributed by atoms with Crippen LogP contribution in [0, 0.1) is 5.82 Å². The Hall–Kier alpha value is -2.61. The third kappa shape index (κ3) is 3.12. The van der Waals surface area contributed by atoms with E-state index in [4.69, 9.17) is 0 Å². The SMILES string of the molecule is CSC1=C(Nc2ccc(F)c(C(F)(F)F)c2)C(=O)c2ccccc2C1=O. The molecule has 1 N–H and O–H groups in total. The Balaban J connectivity index is 2.07. The van der Waals surface area contributed by atoms with Crippen LogP contribution in [0.2, 0.25) is 0 Å². The smallest absolute Gasteiger partial charge is 0.351 e. The van der Waals surface area contributed by atoms with Crippen LogP contribution in [-0.2, 0) is 6.18 Å². The van der Waals surface area contributed by atoms with Gasteiger partial charge in [-0.1, -0.05) is 24.3 Å². The van der Waals surface area contributed by atoms with Crippen molar-refractivity contribution in [1.82, 2.24) is 0 Å². The topological polar surface area (TPSA) is 46.2 Å². The molecule has 0 heterocycles. The fourth-order valence-electron chi connectivity index (χ4n) is 2.63. The molecule has 2 aromatic carbocycles. The number of allylic oxidation sites excluding steroid dienone is 2. The van der Waals surface area contributed by atoms with Crippen molar-refractivity contribution in [2.75, 3.05) is 11.6 Å². The van der Waals surface area contributed by atoms with Crippen LogP contribution in [-0.4, -0.2) is 17.8 Å². The Labute approximate surface area is 150 Å². The predicted octanol–water partition coefficient (Wildman–Crippen LogP) is 4.91. The van der Waals surface area contributed by atoms with Gasteiger partial charge in [0, 0.05) is 16.8 Å². The predicted molar refractivity (Wildman–Crippen MR) is 90.7 cm³/mol. The Morgan fingerprint density at radius 1 is 0.962 bits per heavy atom. The second kappa shape index (κ2) is 6.60. The fraction of sp³-hybridized carbons (Fsp3) is 0.111. The average molecular weight is 381 g/mol. The molecule has 8 heteroatoms. The number of Topliss-reactive ketones (excluding diaryl/α,β-unsaturated/α-hetero) is 2. The van der Waals surface area contributed by atoms with Crippen molar-refractivity contribution in [1.29, 1.82) is 0 Å². The highest BCUT2D eigenvalue weighted by atomic mass is 32.2. The Kier molecular flexibility index (Phi) is 4.62. The summed E-state index contributed by atoms with van der Waals surface area (Å²) in [6.07, 6.45) is -3.29. The monoisotopic (exact) mass is 381 g/mol. The van der Waals surface area contributed by atoms with Gasteiger partial charge in [0.2, 0.25) is 11.6 Å². The average Bonchev–Trinajstić information content (AvgIpc) is 2.60. The van der Waals surface area contributed by atoms with E-state index < -0.39 is 29.1 Å². The van der Waals surface area contributed by atoms with Gasteiger partial charge >= 0.3 is 6.18 Å². The van der Waals surface area contributed by atoms with Crippen LogP contribution < -0.4 is 5.32 Å².